The van der Waals surface area contributed by atoms with Crippen LogP contribution in [0.15, 0.2) is 28.1 Å². The van der Waals surface area contributed by atoms with Crippen LogP contribution in [0.25, 0.3) is 11.0 Å². The van der Waals surface area contributed by atoms with Crippen LogP contribution >= 0.6 is 11.3 Å². The minimum absolute atomic E-state index is 0.722. The van der Waals surface area contributed by atoms with Gasteiger partial charge in [-0.3, -0.25) is 4.90 Å². The smallest absolute Gasteiger partial charge is 0.175 e. The van der Waals surface area contributed by atoms with E-state index in [4.69, 9.17) is 14.5 Å². The molecule has 1 aromatic carbocycles. The highest BCUT2D eigenvalue weighted by molar-refractivity contribution is 7.10. The van der Waals surface area contributed by atoms with Crippen molar-refractivity contribution >= 4 is 22.3 Å². The maximum absolute atomic E-state index is 9.03. The van der Waals surface area contributed by atoms with Crippen molar-refractivity contribution in [3.05, 3.63) is 45.3 Å². The zero-order chi connectivity index (χ0) is 23.5. The lowest BCUT2D eigenvalue weighted by atomic mass is 9.91. The molecule has 1 saturated heterocycles. The molecule has 7 heteroatoms. The number of benzene rings is 1. The van der Waals surface area contributed by atoms with Gasteiger partial charge in [0.2, 0.25) is 0 Å². The first-order valence-corrected chi connectivity index (χ1v) is 13.3. The van der Waals surface area contributed by atoms with Gasteiger partial charge in [-0.2, -0.15) is 5.26 Å². The Kier molecular flexibility index (Phi) is 7.19. The number of fused-ring (bicyclic) bond motifs is 1. The summed E-state index contributed by atoms with van der Waals surface area (Å²) in [7, 11) is 4.15. The van der Waals surface area contributed by atoms with Gasteiger partial charge in [0.15, 0.2) is 5.58 Å². The summed E-state index contributed by atoms with van der Waals surface area (Å²) in [6.45, 7) is 4.80. The van der Waals surface area contributed by atoms with Gasteiger partial charge in [-0.15, -0.1) is 11.3 Å². The van der Waals surface area contributed by atoms with Gasteiger partial charge in [0, 0.05) is 28.7 Å². The Bertz CT molecular complexity index is 1150. The second-order valence-corrected chi connectivity index (χ2v) is 11.2. The Labute approximate surface area is 206 Å². The normalized spacial score (nSPS) is 17.5. The van der Waals surface area contributed by atoms with E-state index in [-0.39, 0.29) is 0 Å². The summed E-state index contributed by atoms with van der Waals surface area (Å²) in [5.41, 5.74) is 3.86. The summed E-state index contributed by atoms with van der Waals surface area (Å²) < 4.78 is 12.1. The van der Waals surface area contributed by atoms with Crippen molar-refractivity contribution in [2.75, 3.05) is 33.8 Å². The van der Waals surface area contributed by atoms with E-state index < -0.39 is 0 Å². The van der Waals surface area contributed by atoms with Crippen LogP contribution in [0.5, 0.6) is 5.75 Å². The summed E-state index contributed by atoms with van der Waals surface area (Å²) in [5, 5.41) is 16.6. The highest BCUT2D eigenvalue weighted by atomic mass is 32.1. The molecule has 0 bridgehead atoms. The molecule has 0 radical (unpaired) electrons. The fraction of sp³-hybridized carbons (Fsp3) is 0.556. The van der Waals surface area contributed by atoms with Gasteiger partial charge in [0.1, 0.15) is 11.8 Å². The number of likely N-dealkylation sites (tertiary alicyclic amines) is 1. The predicted molar refractivity (Wildman–Crippen MR) is 135 cm³/mol. The summed E-state index contributed by atoms with van der Waals surface area (Å²) in [6, 6.07) is 8.52. The van der Waals surface area contributed by atoms with Crippen LogP contribution in [0.4, 0.5) is 0 Å². The van der Waals surface area contributed by atoms with Gasteiger partial charge in [-0.05, 0) is 95.7 Å². The van der Waals surface area contributed by atoms with E-state index in [1.165, 1.54) is 30.6 Å². The molecular weight excluding hydrogens is 444 g/mol. The number of rotatable bonds is 10. The van der Waals surface area contributed by atoms with E-state index in [2.05, 4.69) is 47.3 Å². The molecule has 2 fully saturated rings. The van der Waals surface area contributed by atoms with Gasteiger partial charge >= 0.3 is 0 Å². The highest BCUT2D eigenvalue weighted by Crippen LogP contribution is 2.35. The monoisotopic (exact) mass is 478 g/mol. The van der Waals surface area contributed by atoms with Crippen LogP contribution in [0.2, 0.25) is 0 Å². The van der Waals surface area contributed by atoms with E-state index in [1.54, 1.807) is 11.3 Å². The first kappa shape index (κ1) is 23.3. The molecule has 0 N–H and O–H groups in total. The lowest BCUT2D eigenvalue weighted by Crippen LogP contribution is -2.33. The van der Waals surface area contributed by atoms with E-state index in [0.717, 1.165) is 91.0 Å². The molecule has 2 aliphatic rings. The van der Waals surface area contributed by atoms with Crippen LogP contribution in [0.1, 0.15) is 53.8 Å². The highest BCUT2D eigenvalue weighted by Gasteiger charge is 2.25. The number of hydrogen-bond donors (Lipinski definition) is 0. The Morgan fingerprint density at radius 3 is 2.74 bits per heavy atom. The average Bonchev–Trinajstić information content (AvgIpc) is 3.40. The maximum Gasteiger partial charge on any atom is 0.175 e. The Hall–Kier alpha value is -2.40. The molecular formula is C27H34N4O2S. The van der Waals surface area contributed by atoms with Gasteiger partial charge in [0.05, 0.1) is 23.4 Å². The SMILES string of the molecule is CN(C)Cc1c(OCC2CC2)ccc2c(CCC3CCN(Cc4cc(C#N)cs4)CC3)noc12. The Morgan fingerprint density at radius 2 is 2.03 bits per heavy atom. The molecule has 0 unspecified atom stereocenters. The topological polar surface area (TPSA) is 65.5 Å². The lowest BCUT2D eigenvalue weighted by Gasteiger charge is -2.31. The molecule has 180 valence electrons. The van der Waals surface area contributed by atoms with E-state index >= 15 is 0 Å². The van der Waals surface area contributed by atoms with Crippen molar-refractivity contribution < 1.29 is 9.26 Å². The average molecular weight is 479 g/mol. The molecule has 3 heterocycles. The second-order valence-electron chi connectivity index (χ2n) is 10.2. The number of aryl methyl sites for hydroxylation is 1. The number of piperidine rings is 1. The third-order valence-electron chi connectivity index (χ3n) is 7.08. The molecule has 34 heavy (non-hydrogen) atoms. The molecule has 6 nitrogen and oxygen atoms in total. The standard InChI is InChI=1S/C27H34N4O2S/c1-30(2)16-24-26(32-17-20-3-4-20)8-6-23-25(29-33-27(23)24)7-5-19-9-11-31(12-10-19)15-22-13-21(14-28)18-34-22/h6,8,13,18-20H,3-5,7,9-12,15-17H2,1-2H3. The van der Waals surface area contributed by atoms with Crippen LogP contribution in [0.3, 0.4) is 0 Å². The number of aromatic nitrogens is 1. The minimum atomic E-state index is 0.722. The molecule has 1 aliphatic carbocycles. The molecule has 2 aromatic heterocycles. The van der Waals surface area contributed by atoms with Gasteiger partial charge in [0.25, 0.3) is 0 Å². The number of thiophene rings is 1. The molecule has 0 atom stereocenters. The Balaban J connectivity index is 1.18. The van der Waals surface area contributed by atoms with Crippen molar-refractivity contribution in [2.24, 2.45) is 11.8 Å². The van der Waals surface area contributed by atoms with Crippen molar-refractivity contribution in [1.82, 2.24) is 15.0 Å². The number of hydrogen-bond acceptors (Lipinski definition) is 7. The third kappa shape index (κ3) is 5.63. The molecule has 1 saturated carbocycles. The van der Waals surface area contributed by atoms with Crippen LogP contribution in [0, 0.1) is 23.2 Å². The molecule has 3 aromatic rings. The van der Waals surface area contributed by atoms with Crippen molar-refractivity contribution in [2.45, 2.75) is 51.6 Å². The van der Waals surface area contributed by atoms with E-state index in [9.17, 15) is 0 Å². The quantitative estimate of drug-likeness (QED) is 0.386. The lowest BCUT2D eigenvalue weighted by molar-refractivity contribution is 0.173. The summed E-state index contributed by atoms with van der Waals surface area (Å²) in [5.74, 6) is 2.39. The molecule has 0 spiro atoms. The Morgan fingerprint density at radius 1 is 1.21 bits per heavy atom. The molecule has 1 aliphatic heterocycles. The fourth-order valence-electron chi connectivity index (χ4n) is 4.88. The van der Waals surface area contributed by atoms with Gasteiger partial charge < -0.3 is 14.2 Å². The summed E-state index contributed by atoms with van der Waals surface area (Å²) >= 11 is 1.70. The van der Waals surface area contributed by atoms with Crippen LogP contribution in [-0.2, 0) is 19.5 Å². The zero-order valence-corrected chi connectivity index (χ0v) is 21.1. The number of nitriles is 1. The summed E-state index contributed by atoms with van der Waals surface area (Å²) in [6.07, 6.45) is 7.11. The first-order valence-electron chi connectivity index (χ1n) is 12.5. The molecule has 0 amide bonds. The van der Waals surface area contributed by atoms with E-state index in [0.29, 0.717) is 0 Å². The number of nitrogens with zero attached hydrogens (tertiary/aromatic N) is 4. The zero-order valence-electron chi connectivity index (χ0n) is 20.3. The fourth-order valence-corrected chi connectivity index (χ4v) is 5.73. The first-order chi connectivity index (χ1) is 16.6. The maximum atomic E-state index is 9.03. The molecule has 5 rings (SSSR count). The van der Waals surface area contributed by atoms with Crippen molar-refractivity contribution in [3.8, 4) is 11.8 Å². The summed E-state index contributed by atoms with van der Waals surface area (Å²) in [4.78, 5) is 5.97. The van der Waals surface area contributed by atoms with Crippen molar-refractivity contribution in [1.29, 1.82) is 5.26 Å². The van der Waals surface area contributed by atoms with Crippen LogP contribution in [-0.4, -0.2) is 48.7 Å². The van der Waals surface area contributed by atoms with Gasteiger partial charge in [-0.1, -0.05) is 5.16 Å². The predicted octanol–water partition coefficient (Wildman–Crippen LogP) is 5.46. The van der Waals surface area contributed by atoms with Crippen LogP contribution < -0.4 is 4.74 Å². The van der Waals surface area contributed by atoms with Gasteiger partial charge in [-0.25, -0.2) is 0 Å². The van der Waals surface area contributed by atoms with Crippen molar-refractivity contribution in [3.63, 3.8) is 0 Å². The van der Waals surface area contributed by atoms with E-state index in [1.807, 2.05) is 11.4 Å². The largest absolute Gasteiger partial charge is 0.493 e. The number of ether oxygens (including phenoxy) is 1. The second kappa shape index (κ2) is 10.5. The third-order valence-corrected chi connectivity index (χ3v) is 8.00. The minimum Gasteiger partial charge on any atom is -0.493 e.